The van der Waals surface area contributed by atoms with Gasteiger partial charge in [-0.05, 0) is 55.3 Å². The number of methoxy groups -OCH3 is 1. The van der Waals surface area contributed by atoms with Crippen LogP contribution >= 0.6 is 0 Å². The van der Waals surface area contributed by atoms with E-state index in [2.05, 4.69) is 31.6 Å². The molecule has 10 heteroatoms. The number of rotatable bonds is 5. The Balaban J connectivity index is 1.75. The lowest BCUT2D eigenvalue weighted by molar-refractivity contribution is 0.400. The van der Waals surface area contributed by atoms with Gasteiger partial charge in [0.1, 0.15) is 17.2 Å². The summed E-state index contributed by atoms with van der Waals surface area (Å²) in [5.41, 5.74) is 2.44. The zero-order valence-electron chi connectivity index (χ0n) is 16.5. The predicted octanol–water partition coefficient (Wildman–Crippen LogP) is 3.11. The molecule has 3 aromatic heterocycles. The molecule has 3 heterocycles. The largest absolute Gasteiger partial charge is 0.480 e. The zero-order chi connectivity index (χ0) is 22.0. The van der Waals surface area contributed by atoms with Crippen molar-refractivity contribution in [3.8, 4) is 29.0 Å². The Morgan fingerprint density at radius 2 is 1.87 bits per heavy atom. The second-order valence-electron chi connectivity index (χ2n) is 6.35. The Kier molecular flexibility index (Phi) is 5.27. The summed E-state index contributed by atoms with van der Waals surface area (Å²) >= 11 is 0. The number of hydrogen-bond acceptors (Lipinski definition) is 6. The molecule has 8 nitrogen and oxygen atoms in total. The van der Waals surface area contributed by atoms with Crippen molar-refractivity contribution in [3.05, 3.63) is 66.4 Å². The van der Waals surface area contributed by atoms with E-state index in [0.29, 0.717) is 22.6 Å². The molecule has 1 aromatic carbocycles. The summed E-state index contributed by atoms with van der Waals surface area (Å²) in [4.78, 5) is 8.34. The molecule has 0 fully saturated rings. The van der Waals surface area contributed by atoms with Gasteiger partial charge < -0.3 is 4.74 Å². The molecule has 4 aromatic rings. The summed E-state index contributed by atoms with van der Waals surface area (Å²) in [5, 5.41) is 4.54. The lowest BCUT2D eigenvalue weighted by Crippen LogP contribution is -2.14. The van der Waals surface area contributed by atoms with Crippen molar-refractivity contribution >= 4 is 21.4 Å². The third-order valence-electron chi connectivity index (χ3n) is 4.32. The zero-order valence-corrected chi connectivity index (χ0v) is 17.3. The lowest BCUT2D eigenvalue weighted by atomic mass is 10.2. The van der Waals surface area contributed by atoms with E-state index >= 15 is 0 Å². The van der Waals surface area contributed by atoms with E-state index in [9.17, 15) is 12.8 Å². The van der Waals surface area contributed by atoms with Gasteiger partial charge in [0, 0.05) is 11.8 Å². The quantitative estimate of drug-likeness (QED) is 0.482. The van der Waals surface area contributed by atoms with Crippen LogP contribution in [0.15, 0.2) is 59.8 Å². The summed E-state index contributed by atoms with van der Waals surface area (Å²) < 4.78 is 47.8. The molecule has 0 atom stereocenters. The molecular weight excluding hydrogens is 421 g/mol. The molecule has 1 N–H and O–H groups in total. The van der Waals surface area contributed by atoms with Gasteiger partial charge in [-0.3, -0.25) is 4.72 Å². The minimum Gasteiger partial charge on any atom is -0.480 e. The second kappa shape index (κ2) is 8.04. The number of sulfonamides is 1. The molecule has 0 radical (unpaired) electrons. The van der Waals surface area contributed by atoms with Crippen LogP contribution < -0.4 is 9.46 Å². The summed E-state index contributed by atoms with van der Waals surface area (Å²) in [6.45, 7) is 1.72. The minimum absolute atomic E-state index is 0.0793. The minimum atomic E-state index is -3.99. The van der Waals surface area contributed by atoms with Crippen molar-refractivity contribution < 1.29 is 17.5 Å². The maximum atomic E-state index is 13.2. The average molecular weight is 437 g/mol. The van der Waals surface area contributed by atoms with Gasteiger partial charge in [0.15, 0.2) is 5.65 Å². The Morgan fingerprint density at radius 3 is 2.58 bits per heavy atom. The van der Waals surface area contributed by atoms with Crippen LogP contribution in [0.2, 0.25) is 0 Å². The van der Waals surface area contributed by atoms with Crippen LogP contribution in [0, 0.1) is 17.7 Å². The highest BCUT2D eigenvalue weighted by atomic mass is 32.2. The van der Waals surface area contributed by atoms with E-state index in [1.165, 1.54) is 25.4 Å². The standard InChI is InChI=1S/C21H16FN5O3S/c1-3-4-16-13-23-20-10-9-18(25-27(16)20)14-11-19(21(30-2)24-12-14)26-31(28,29)17-7-5-15(22)6-8-17/h5-13,26H,1-2H3. The Morgan fingerprint density at radius 1 is 1.10 bits per heavy atom. The first-order valence-corrected chi connectivity index (χ1v) is 10.5. The lowest BCUT2D eigenvalue weighted by Gasteiger charge is -2.12. The summed E-state index contributed by atoms with van der Waals surface area (Å²) in [6.07, 6.45) is 3.14. The molecule has 0 unspecified atom stereocenters. The Bertz CT molecular complexity index is 1440. The molecule has 0 spiro atoms. The van der Waals surface area contributed by atoms with Crippen LogP contribution in [0.5, 0.6) is 5.88 Å². The molecule has 0 aliphatic rings. The first-order chi connectivity index (χ1) is 14.9. The van der Waals surface area contributed by atoms with E-state index in [4.69, 9.17) is 4.74 Å². The van der Waals surface area contributed by atoms with Crippen LogP contribution in [-0.4, -0.2) is 35.1 Å². The predicted molar refractivity (Wildman–Crippen MR) is 113 cm³/mol. The number of halogens is 1. The molecule has 0 aliphatic heterocycles. The number of nitrogens with one attached hydrogen (secondary N) is 1. The van der Waals surface area contributed by atoms with E-state index in [1.54, 1.807) is 35.8 Å². The average Bonchev–Trinajstić information content (AvgIpc) is 3.16. The normalized spacial score (nSPS) is 11.1. The number of hydrogen-bond donors (Lipinski definition) is 1. The molecule has 0 bridgehead atoms. The molecule has 0 aliphatic carbocycles. The topological polar surface area (TPSA) is 98.5 Å². The van der Waals surface area contributed by atoms with Crippen LogP contribution in [0.25, 0.3) is 16.9 Å². The van der Waals surface area contributed by atoms with Gasteiger partial charge in [0.05, 0.1) is 23.9 Å². The van der Waals surface area contributed by atoms with Gasteiger partial charge in [-0.2, -0.15) is 5.10 Å². The maximum absolute atomic E-state index is 13.2. The van der Waals surface area contributed by atoms with Crippen molar-refractivity contribution in [1.29, 1.82) is 0 Å². The van der Waals surface area contributed by atoms with Crippen molar-refractivity contribution in [2.75, 3.05) is 11.8 Å². The Labute approximate surface area is 177 Å². The van der Waals surface area contributed by atoms with Crippen molar-refractivity contribution in [3.63, 3.8) is 0 Å². The molecular formula is C21H16FN5O3S. The molecule has 156 valence electrons. The summed E-state index contributed by atoms with van der Waals surface area (Å²) in [6, 6.07) is 9.56. The molecule has 4 rings (SSSR count). The van der Waals surface area contributed by atoms with Gasteiger partial charge in [-0.1, -0.05) is 5.92 Å². The van der Waals surface area contributed by atoms with Crippen molar-refractivity contribution in [2.45, 2.75) is 11.8 Å². The van der Waals surface area contributed by atoms with E-state index in [1.807, 2.05) is 0 Å². The van der Waals surface area contributed by atoms with Crippen molar-refractivity contribution in [2.24, 2.45) is 0 Å². The van der Waals surface area contributed by atoms with Crippen molar-refractivity contribution in [1.82, 2.24) is 19.6 Å². The maximum Gasteiger partial charge on any atom is 0.262 e. The number of benzene rings is 1. The van der Waals surface area contributed by atoms with Crippen LogP contribution in [0.1, 0.15) is 12.6 Å². The van der Waals surface area contributed by atoms with E-state index in [0.717, 1.165) is 12.1 Å². The van der Waals surface area contributed by atoms with E-state index < -0.39 is 15.8 Å². The van der Waals surface area contributed by atoms with E-state index in [-0.39, 0.29) is 16.5 Å². The number of ether oxygens (including phenoxy) is 1. The molecule has 0 saturated carbocycles. The number of fused-ring (bicyclic) bond motifs is 1. The van der Waals surface area contributed by atoms with Gasteiger partial charge >= 0.3 is 0 Å². The molecule has 31 heavy (non-hydrogen) atoms. The molecule has 0 saturated heterocycles. The SMILES string of the molecule is CC#Cc1cnc2ccc(-c3cnc(OC)c(NS(=O)(=O)c4ccc(F)cc4)c3)nn12. The fourth-order valence-corrected chi connectivity index (χ4v) is 3.93. The van der Waals surface area contributed by atoms with Gasteiger partial charge in [0.25, 0.3) is 10.0 Å². The highest BCUT2D eigenvalue weighted by Gasteiger charge is 2.18. The summed E-state index contributed by atoms with van der Waals surface area (Å²) in [7, 11) is -2.61. The van der Waals surface area contributed by atoms with Crippen LogP contribution in [0.3, 0.4) is 0 Å². The number of imidazole rings is 1. The van der Waals surface area contributed by atoms with Gasteiger partial charge in [0.2, 0.25) is 5.88 Å². The second-order valence-corrected chi connectivity index (χ2v) is 8.03. The first kappa shape index (κ1) is 20.3. The third kappa shape index (κ3) is 4.04. The number of nitrogens with zero attached hydrogens (tertiary/aromatic N) is 4. The van der Waals surface area contributed by atoms with Gasteiger partial charge in [-0.25, -0.2) is 27.3 Å². The highest BCUT2D eigenvalue weighted by Crippen LogP contribution is 2.29. The fraction of sp³-hybridized carbons (Fsp3) is 0.0952. The number of aromatic nitrogens is 4. The highest BCUT2D eigenvalue weighted by molar-refractivity contribution is 7.92. The first-order valence-electron chi connectivity index (χ1n) is 9.01. The van der Waals surface area contributed by atoms with Crippen LogP contribution in [-0.2, 0) is 10.0 Å². The molecule has 0 amide bonds. The smallest absolute Gasteiger partial charge is 0.262 e. The number of anilines is 1. The monoisotopic (exact) mass is 437 g/mol. The van der Waals surface area contributed by atoms with Crippen LogP contribution in [0.4, 0.5) is 10.1 Å². The fourth-order valence-electron chi connectivity index (χ4n) is 2.89. The Hall–Kier alpha value is -3.97. The van der Waals surface area contributed by atoms with Gasteiger partial charge in [-0.15, -0.1) is 0 Å². The number of pyridine rings is 1. The summed E-state index contributed by atoms with van der Waals surface area (Å²) in [5.74, 6) is 5.28. The third-order valence-corrected chi connectivity index (χ3v) is 5.71.